The normalized spacial score (nSPS) is 19.3. The van der Waals surface area contributed by atoms with Crippen LogP contribution >= 0.6 is 0 Å². The summed E-state index contributed by atoms with van der Waals surface area (Å²) in [4.78, 5) is 16.0. The first kappa shape index (κ1) is 12.4. The molecule has 0 spiro atoms. The number of hydrogen-bond acceptors (Lipinski definition) is 4. The van der Waals surface area contributed by atoms with Gasteiger partial charge in [-0.2, -0.15) is 0 Å². The van der Waals surface area contributed by atoms with E-state index in [-0.39, 0.29) is 17.8 Å². The van der Waals surface area contributed by atoms with Gasteiger partial charge in [-0.15, -0.1) is 0 Å². The highest BCUT2D eigenvalue weighted by Crippen LogP contribution is 2.46. The molecular weight excluding hydrogens is 234 g/mol. The van der Waals surface area contributed by atoms with Crippen molar-refractivity contribution < 1.29 is 10.0 Å². The average molecular weight is 251 g/mol. The van der Waals surface area contributed by atoms with E-state index in [1.807, 2.05) is 17.7 Å². The van der Waals surface area contributed by atoms with Gasteiger partial charge in [0.05, 0.1) is 6.33 Å². The zero-order valence-corrected chi connectivity index (χ0v) is 10.2. The van der Waals surface area contributed by atoms with Crippen LogP contribution < -0.4 is 11.1 Å². The molecule has 1 fully saturated rings. The Hall–Kier alpha value is -2.05. The van der Waals surface area contributed by atoms with Crippen LogP contribution in [0.3, 0.4) is 0 Å². The van der Waals surface area contributed by atoms with Gasteiger partial charge in [0, 0.05) is 25.0 Å². The summed E-state index contributed by atoms with van der Waals surface area (Å²) in [6, 6.07) is -0.0457. The zero-order valence-electron chi connectivity index (χ0n) is 10.2. The molecule has 0 saturated heterocycles. The number of nitrogens with two attached hydrogens (primary N) is 1. The molecule has 98 valence electrons. The average Bonchev–Trinajstić information content (AvgIpc) is 3.01. The number of amides is 1. The van der Waals surface area contributed by atoms with E-state index in [4.69, 9.17) is 10.9 Å². The lowest BCUT2D eigenvalue weighted by molar-refractivity contribution is -0.124. The monoisotopic (exact) mass is 251 g/mol. The lowest BCUT2D eigenvalue weighted by Crippen LogP contribution is -2.45. The second kappa shape index (κ2) is 4.67. The summed E-state index contributed by atoms with van der Waals surface area (Å²) in [5.41, 5.74) is 4.76. The molecule has 7 nitrogen and oxygen atoms in total. The first-order valence-corrected chi connectivity index (χ1v) is 5.83. The first-order valence-electron chi connectivity index (χ1n) is 5.83. The largest absolute Gasteiger partial charge is 0.409 e. The van der Waals surface area contributed by atoms with Gasteiger partial charge in [0.2, 0.25) is 5.91 Å². The molecule has 0 aromatic carbocycles. The van der Waals surface area contributed by atoms with E-state index in [1.165, 1.54) is 0 Å². The molecule has 4 N–H and O–H groups in total. The Labute approximate surface area is 105 Å². The van der Waals surface area contributed by atoms with Crippen molar-refractivity contribution in [2.24, 2.45) is 16.3 Å². The molecule has 1 amide bonds. The molecule has 0 radical (unpaired) electrons. The minimum Gasteiger partial charge on any atom is -0.409 e. The van der Waals surface area contributed by atoms with E-state index < -0.39 is 5.41 Å². The van der Waals surface area contributed by atoms with Gasteiger partial charge in [0.1, 0.15) is 5.41 Å². The minimum atomic E-state index is -0.794. The second-order valence-corrected chi connectivity index (χ2v) is 4.70. The molecule has 1 unspecified atom stereocenters. The minimum absolute atomic E-state index is 0.00479. The van der Waals surface area contributed by atoms with Crippen LogP contribution in [-0.4, -0.2) is 32.5 Å². The fourth-order valence-corrected chi connectivity index (χ4v) is 1.94. The van der Waals surface area contributed by atoms with Gasteiger partial charge in [0.25, 0.3) is 0 Å². The van der Waals surface area contributed by atoms with E-state index in [9.17, 15) is 4.79 Å². The molecule has 1 aromatic heterocycles. The van der Waals surface area contributed by atoms with Crippen molar-refractivity contribution in [3.63, 3.8) is 0 Å². The number of imidazole rings is 1. The van der Waals surface area contributed by atoms with Crippen molar-refractivity contribution in [2.75, 3.05) is 0 Å². The van der Waals surface area contributed by atoms with Crippen LogP contribution in [0.5, 0.6) is 0 Å². The second-order valence-electron chi connectivity index (χ2n) is 4.70. The Bertz CT molecular complexity index is 450. The van der Waals surface area contributed by atoms with Gasteiger partial charge in [-0.25, -0.2) is 4.98 Å². The highest BCUT2D eigenvalue weighted by atomic mass is 16.4. The molecule has 1 atom stereocenters. The van der Waals surface area contributed by atoms with Gasteiger partial charge in [-0.05, 0) is 19.8 Å². The Morgan fingerprint density at radius 2 is 2.44 bits per heavy atom. The van der Waals surface area contributed by atoms with Crippen molar-refractivity contribution in [1.29, 1.82) is 0 Å². The quantitative estimate of drug-likeness (QED) is 0.294. The maximum absolute atomic E-state index is 12.1. The highest BCUT2D eigenvalue weighted by Gasteiger charge is 2.54. The van der Waals surface area contributed by atoms with Crippen molar-refractivity contribution in [2.45, 2.75) is 32.4 Å². The van der Waals surface area contributed by atoms with E-state index >= 15 is 0 Å². The third-order valence-electron chi connectivity index (χ3n) is 3.20. The molecule has 1 aliphatic carbocycles. The summed E-state index contributed by atoms with van der Waals surface area (Å²) in [5, 5.41) is 14.5. The van der Waals surface area contributed by atoms with Crippen LogP contribution in [-0.2, 0) is 11.3 Å². The van der Waals surface area contributed by atoms with Gasteiger partial charge < -0.3 is 20.8 Å². The topological polar surface area (TPSA) is 106 Å². The summed E-state index contributed by atoms with van der Waals surface area (Å²) in [6.45, 7) is 2.54. The lowest BCUT2D eigenvalue weighted by Gasteiger charge is -2.19. The van der Waals surface area contributed by atoms with Crippen molar-refractivity contribution in [3.05, 3.63) is 18.7 Å². The summed E-state index contributed by atoms with van der Waals surface area (Å²) in [5.74, 6) is -0.180. The number of nitrogens with one attached hydrogen (secondary N) is 1. The van der Waals surface area contributed by atoms with Crippen LogP contribution in [0.1, 0.15) is 19.8 Å². The number of aromatic nitrogens is 2. The summed E-state index contributed by atoms with van der Waals surface area (Å²) >= 11 is 0. The molecule has 0 aliphatic heterocycles. The standard InChI is InChI=1S/C11H17N5O2/c1-8(6-16-5-4-13-7-16)14-10(17)11(2-3-11)9(12)15-18/h4-5,7-8,18H,2-3,6H2,1H3,(H2,12,15)(H,14,17). The molecule has 18 heavy (non-hydrogen) atoms. The van der Waals surface area contributed by atoms with E-state index in [1.54, 1.807) is 12.5 Å². The van der Waals surface area contributed by atoms with Crippen LogP contribution in [0.2, 0.25) is 0 Å². The molecule has 1 aliphatic rings. The number of amidine groups is 1. The molecular formula is C11H17N5O2. The maximum Gasteiger partial charge on any atom is 0.234 e. The summed E-state index contributed by atoms with van der Waals surface area (Å²) in [6.07, 6.45) is 6.48. The lowest BCUT2D eigenvalue weighted by atomic mass is 10.0. The van der Waals surface area contributed by atoms with Crippen LogP contribution in [0.4, 0.5) is 0 Å². The maximum atomic E-state index is 12.1. The van der Waals surface area contributed by atoms with Crippen molar-refractivity contribution in [3.8, 4) is 0 Å². The molecule has 2 rings (SSSR count). The van der Waals surface area contributed by atoms with Gasteiger partial charge in [0.15, 0.2) is 5.84 Å². The summed E-state index contributed by atoms with van der Waals surface area (Å²) < 4.78 is 1.88. The Balaban J connectivity index is 1.92. The molecule has 0 bridgehead atoms. The number of rotatable bonds is 5. The molecule has 1 aromatic rings. The number of carbonyl (C=O) groups excluding carboxylic acids is 1. The van der Waals surface area contributed by atoms with Crippen LogP contribution in [0, 0.1) is 5.41 Å². The number of nitrogens with zero attached hydrogens (tertiary/aromatic N) is 3. The Kier molecular flexibility index (Phi) is 3.22. The summed E-state index contributed by atoms with van der Waals surface area (Å²) in [7, 11) is 0. The van der Waals surface area contributed by atoms with Crippen molar-refractivity contribution >= 4 is 11.7 Å². The van der Waals surface area contributed by atoms with Crippen LogP contribution in [0.25, 0.3) is 0 Å². The predicted molar refractivity (Wildman–Crippen MR) is 64.9 cm³/mol. The first-order chi connectivity index (χ1) is 8.58. The fraction of sp³-hybridized carbons (Fsp3) is 0.545. The molecule has 1 saturated carbocycles. The number of oxime groups is 1. The Morgan fingerprint density at radius 3 is 2.94 bits per heavy atom. The van der Waals surface area contributed by atoms with Gasteiger partial charge >= 0.3 is 0 Å². The third-order valence-corrected chi connectivity index (χ3v) is 3.20. The fourth-order valence-electron chi connectivity index (χ4n) is 1.94. The zero-order chi connectivity index (χ0) is 13.2. The van der Waals surface area contributed by atoms with Crippen molar-refractivity contribution in [1.82, 2.24) is 14.9 Å². The SMILES string of the molecule is CC(Cn1ccnc1)NC(=O)C1(/C(N)=N/O)CC1. The van der Waals surface area contributed by atoms with Gasteiger partial charge in [-0.3, -0.25) is 4.79 Å². The smallest absolute Gasteiger partial charge is 0.234 e. The number of carbonyl (C=O) groups is 1. The molecule has 7 heteroatoms. The van der Waals surface area contributed by atoms with E-state index in [0.29, 0.717) is 19.4 Å². The number of hydrogen-bond donors (Lipinski definition) is 3. The predicted octanol–water partition coefficient (Wildman–Crippen LogP) is -0.0856. The third kappa shape index (κ3) is 2.29. The van der Waals surface area contributed by atoms with Gasteiger partial charge in [-0.1, -0.05) is 5.16 Å². The van der Waals surface area contributed by atoms with E-state index in [0.717, 1.165) is 0 Å². The highest BCUT2D eigenvalue weighted by molar-refractivity contribution is 6.09. The molecule has 1 heterocycles. The van der Waals surface area contributed by atoms with Crippen LogP contribution in [0.15, 0.2) is 23.9 Å². The van der Waals surface area contributed by atoms with E-state index in [2.05, 4.69) is 15.5 Å². The Morgan fingerprint density at radius 1 is 1.72 bits per heavy atom.